The van der Waals surface area contributed by atoms with Crippen LogP contribution in [0.15, 0.2) is 72.8 Å². The molecule has 0 unspecified atom stereocenters. The second-order valence-electron chi connectivity index (χ2n) is 11.3. The molecule has 4 saturated carbocycles. The minimum atomic E-state index is -0.389. The zero-order chi connectivity index (χ0) is 26.0. The Morgan fingerprint density at radius 2 is 0.730 bits per heavy atom. The summed E-state index contributed by atoms with van der Waals surface area (Å²) in [6.07, 6.45) is 5.53. The van der Waals surface area contributed by atoms with Crippen molar-refractivity contribution in [2.75, 3.05) is 0 Å². The van der Waals surface area contributed by atoms with Crippen molar-refractivity contribution in [2.45, 2.75) is 54.8 Å². The zero-order valence-electron chi connectivity index (χ0n) is 20.0. The fraction of sp³-hybridized carbons (Fsp3) is 0.357. The summed E-state index contributed by atoms with van der Waals surface area (Å²) in [5, 5.41) is 33.9. The highest BCUT2D eigenvalue weighted by Crippen LogP contribution is 2.70. The molecule has 0 aliphatic heterocycles. The Morgan fingerprint density at radius 3 is 0.946 bits per heavy atom. The molecule has 188 valence electrons. The van der Waals surface area contributed by atoms with Crippen molar-refractivity contribution in [3.05, 3.63) is 120 Å². The van der Waals surface area contributed by atoms with Crippen LogP contribution in [0.1, 0.15) is 55.2 Å². The lowest BCUT2D eigenvalue weighted by molar-refractivity contribution is -0.385. The molecular weight excluding hydrogens is 474 g/mol. The van der Waals surface area contributed by atoms with E-state index in [4.69, 9.17) is 0 Å². The van der Waals surface area contributed by atoms with Crippen LogP contribution >= 0.6 is 0 Å². The first-order valence-corrected chi connectivity index (χ1v) is 12.4. The summed E-state index contributed by atoms with van der Waals surface area (Å²) in [5.41, 5.74) is 2.80. The Balaban J connectivity index is 1.49. The van der Waals surface area contributed by atoms with E-state index in [9.17, 15) is 30.3 Å². The van der Waals surface area contributed by atoms with Gasteiger partial charge in [0.05, 0.1) is 14.8 Å². The molecule has 9 nitrogen and oxygen atoms in total. The van der Waals surface area contributed by atoms with Crippen LogP contribution in [0.25, 0.3) is 0 Å². The van der Waals surface area contributed by atoms with Crippen molar-refractivity contribution in [1.29, 1.82) is 0 Å². The molecule has 0 spiro atoms. The van der Waals surface area contributed by atoms with E-state index in [2.05, 4.69) is 0 Å². The van der Waals surface area contributed by atoms with Crippen molar-refractivity contribution in [3.63, 3.8) is 0 Å². The number of rotatable bonds is 6. The quantitative estimate of drug-likeness (QED) is 0.280. The molecule has 0 N–H and O–H groups in total. The van der Waals surface area contributed by atoms with Crippen LogP contribution in [0.4, 0.5) is 17.1 Å². The molecule has 0 heterocycles. The van der Waals surface area contributed by atoms with Gasteiger partial charge in [0.25, 0.3) is 17.1 Å². The molecule has 0 saturated heterocycles. The van der Waals surface area contributed by atoms with Crippen LogP contribution in [0.3, 0.4) is 0 Å². The van der Waals surface area contributed by atoms with Gasteiger partial charge in [0.2, 0.25) is 0 Å². The molecule has 37 heavy (non-hydrogen) atoms. The molecule has 9 heteroatoms. The van der Waals surface area contributed by atoms with E-state index >= 15 is 0 Å². The number of nitro groups is 3. The summed E-state index contributed by atoms with van der Waals surface area (Å²) < 4.78 is 0. The molecule has 7 rings (SSSR count). The second-order valence-corrected chi connectivity index (χ2v) is 11.3. The van der Waals surface area contributed by atoms with E-state index in [0.717, 1.165) is 55.2 Å². The van der Waals surface area contributed by atoms with E-state index in [1.165, 1.54) is 0 Å². The Bertz CT molecular complexity index is 1240. The first-order valence-electron chi connectivity index (χ1n) is 12.4. The minimum absolute atomic E-state index is 0.0589. The van der Waals surface area contributed by atoms with Crippen molar-refractivity contribution in [2.24, 2.45) is 5.92 Å². The lowest BCUT2D eigenvalue weighted by Gasteiger charge is -2.67. The standard InChI is InChI=1S/C28H25N3O6/c32-29(33)23-7-1-20(2-8-23)26-13-19-14-27(16-26,21-3-9-24(10-4-21)30(34)35)18-28(15-19,17-26)22-5-11-25(12-6-22)31(36)37/h1-12,19H,13-18H2. The number of nitro benzene ring substituents is 3. The van der Waals surface area contributed by atoms with Gasteiger partial charge in [-0.05, 0) is 77.4 Å². The van der Waals surface area contributed by atoms with E-state index in [-0.39, 0.29) is 48.1 Å². The first kappa shape index (κ1) is 23.3. The van der Waals surface area contributed by atoms with Crippen LogP contribution < -0.4 is 0 Å². The predicted molar refractivity (Wildman–Crippen MR) is 136 cm³/mol. The summed E-state index contributed by atoms with van der Waals surface area (Å²) in [6, 6.07) is 20.8. The maximum absolute atomic E-state index is 11.3. The number of non-ortho nitro benzene ring substituents is 3. The highest BCUT2D eigenvalue weighted by atomic mass is 16.6. The monoisotopic (exact) mass is 499 g/mol. The van der Waals surface area contributed by atoms with Crippen LogP contribution in [0, 0.1) is 36.3 Å². The Labute approximate surface area is 212 Å². The molecule has 3 aromatic rings. The molecule has 4 aliphatic carbocycles. The van der Waals surface area contributed by atoms with Gasteiger partial charge in [-0.25, -0.2) is 0 Å². The highest BCUT2D eigenvalue weighted by Gasteiger charge is 2.64. The van der Waals surface area contributed by atoms with E-state index in [0.29, 0.717) is 5.92 Å². The number of hydrogen-bond donors (Lipinski definition) is 0. The predicted octanol–water partition coefficient (Wildman–Crippen LogP) is 6.52. The number of nitrogens with zero attached hydrogens (tertiary/aromatic N) is 3. The first-order chi connectivity index (χ1) is 17.6. The molecule has 4 aliphatic rings. The average molecular weight is 500 g/mol. The lowest BCUT2D eigenvalue weighted by Crippen LogP contribution is -2.61. The second kappa shape index (κ2) is 7.93. The van der Waals surface area contributed by atoms with Gasteiger partial charge in [-0.1, -0.05) is 36.4 Å². The van der Waals surface area contributed by atoms with Crippen molar-refractivity contribution >= 4 is 17.1 Å². The van der Waals surface area contributed by atoms with Gasteiger partial charge in [0.15, 0.2) is 0 Å². The van der Waals surface area contributed by atoms with Crippen LogP contribution in [0.2, 0.25) is 0 Å². The molecule has 0 amide bonds. The zero-order valence-corrected chi connectivity index (χ0v) is 20.0. The summed E-state index contributed by atoms with van der Waals surface area (Å²) in [7, 11) is 0. The largest absolute Gasteiger partial charge is 0.269 e. The summed E-state index contributed by atoms with van der Waals surface area (Å²) in [5.74, 6) is 0.400. The van der Waals surface area contributed by atoms with Gasteiger partial charge in [-0.15, -0.1) is 0 Å². The summed E-state index contributed by atoms with van der Waals surface area (Å²) in [4.78, 5) is 32.7. The Morgan fingerprint density at radius 1 is 0.486 bits per heavy atom. The van der Waals surface area contributed by atoms with E-state index < -0.39 is 0 Å². The Hall–Kier alpha value is -4.14. The maximum atomic E-state index is 11.3. The third-order valence-electron chi connectivity index (χ3n) is 9.14. The minimum Gasteiger partial charge on any atom is -0.258 e. The van der Waals surface area contributed by atoms with E-state index in [1.807, 2.05) is 36.4 Å². The average Bonchev–Trinajstić information content (AvgIpc) is 2.88. The highest BCUT2D eigenvalue weighted by molar-refractivity contribution is 5.48. The van der Waals surface area contributed by atoms with Crippen LogP contribution in [-0.2, 0) is 16.2 Å². The SMILES string of the molecule is O=[N+]([O-])c1ccc(C23CC4CC(c5ccc([N+](=O)[O-])cc5)(C2)CC(c2ccc([N+](=O)[O-])cc2)(C4)C3)cc1. The molecule has 0 radical (unpaired) electrons. The number of hydrogen-bond acceptors (Lipinski definition) is 6. The van der Waals surface area contributed by atoms with Crippen molar-refractivity contribution in [3.8, 4) is 0 Å². The fourth-order valence-corrected chi connectivity index (χ4v) is 8.21. The normalized spacial score (nSPS) is 29.7. The molecule has 3 aromatic carbocycles. The van der Waals surface area contributed by atoms with Crippen molar-refractivity contribution in [1.82, 2.24) is 0 Å². The van der Waals surface area contributed by atoms with Gasteiger partial charge in [-0.2, -0.15) is 0 Å². The van der Waals surface area contributed by atoms with Gasteiger partial charge in [0, 0.05) is 36.4 Å². The van der Waals surface area contributed by atoms with Crippen molar-refractivity contribution < 1.29 is 14.8 Å². The van der Waals surface area contributed by atoms with Crippen LogP contribution in [0.5, 0.6) is 0 Å². The smallest absolute Gasteiger partial charge is 0.258 e. The molecule has 4 fully saturated rings. The van der Waals surface area contributed by atoms with Gasteiger partial charge >= 0.3 is 0 Å². The summed E-state index contributed by atoms with van der Waals surface area (Å²) in [6.45, 7) is 0. The van der Waals surface area contributed by atoms with Gasteiger partial charge in [0.1, 0.15) is 0 Å². The molecule has 0 aromatic heterocycles. The molecular formula is C28H25N3O6. The number of benzene rings is 3. The molecule has 4 bridgehead atoms. The van der Waals surface area contributed by atoms with Crippen LogP contribution in [-0.4, -0.2) is 14.8 Å². The third kappa shape index (κ3) is 3.60. The topological polar surface area (TPSA) is 129 Å². The maximum Gasteiger partial charge on any atom is 0.269 e. The third-order valence-corrected chi connectivity index (χ3v) is 9.14. The molecule has 0 atom stereocenters. The lowest BCUT2D eigenvalue weighted by atomic mass is 9.36. The van der Waals surface area contributed by atoms with Gasteiger partial charge < -0.3 is 0 Å². The Kier molecular flexibility index (Phi) is 4.99. The van der Waals surface area contributed by atoms with E-state index in [1.54, 1.807) is 36.4 Å². The fourth-order valence-electron chi connectivity index (χ4n) is 8.21. The van der Waals surface area contributed by atoms with Gasteiger partial charge in [-0.3, -0.25) is 30.3 Å². The summed E-state index contributed by atoms with van der Waals surface area (Å²) >= 11 is 0.